The molecule has 0 unspecified atom stereocenters. The summed E-state index contributed by atoms with van der Waals surface area (Å²) in [6.07, 6.45) is 4.73. The number of rotatable bonds is 9. The number of hydrogen-bond donors (Lipinski definition) is 2. The van der Waals surface area contributed by atoms with Crippen LogP contribution in [-0.4, -0.2) is 56.8 Å². The summed E-state index contributed by atoms with van der Waals surface area (Å²) in [7, 11) is 0. The third-order valence-electron chi connectivity index (χ3n) is 3.74. The molecule has 118 valence electrons. The maximum Gasteiger partial charge on any atom is 0.188 e. The zero-order valence-electron chi connectivity index (χ0n) is 13.2. The topological polar surface area (TPSA) is 62.9 Å². The number of guanidine groups is 1. The van der Waals surface area contributed by atoms with Gasteiger partial charge in [0.05, 0.1) is 0 Å². The molecule has 5 heteroatoms. The molecule has 1 fully saturated rings. The number of ether oxygens (including phenoxy) is 1. The highest BCUT2D eigenvalue weighted by Gasteiger charge is 2.17. The van der Waals surface area contributed by atoms with Crippen molar-refractivity contribution in [2.24, 2.45) is 16.6 Å². The first-order valence-electron chi connectivity index (χ1n) is 8.10. The van der Waals surface area contributed by atoms with Crippen LogP contribution in [0.5, 0.6) is 0 Å². The molecule has 0 spiro atoms. The summed E-state index contributed by atoms with van der Waals surface area (Å²) in [5.74, 6) is 1.28. The van der Waals surface area contributed by atoms with Crippen LogP contribution < -0.4 is 11.1 Å². The van der Waals surface area contributed by atoms with E-state index in [9.17, 15) is 0 Å². The molecule has 0 radical (unpaired) electrons. The van der Waals surface area contributed by atoms with E-state index in [-0.39, 0.29) is 0 Å². The average Bonchev–Trinajstić information content (AvgIpc) is 2.47. The molecule has 0 bridgehead atoms. The van der Waals surface area contributed by atoms with Crippen LogP contribution in [0.2, 0.25) is 0 Å². The Morgan fingerprint density at radius 3 is 2.75 bits per heavy atom. The van der Waals surface area contributed by atoms with Crippen molar-refractivity contribution in [3.8, 4) is 0 Å². The number of nitrogens with one attached hydrogen (secondary N) is 1. The van der Waals surface area contributed by atoms with E-state index in [0.29, 0.717) is 11.9 Å². The quantitative estimate of drug-likeness (QED) is 0.382. The predicted octanol–water partition coefficient (Wildman–Crippen LogP) is 1.44. The molecule has 1 aliphatic heterocycles. The first-order valence-corrected chi connectivity index (χ1v) is 8.10. The summed E-state index contributed by atoms with van der Waals surface area (Å²) >= 11 is 0. The van der Waals surface area contributed by atoms with Gasteiger partial charge in [-0.25, -0.2) is 0 Å². The standard InChI is InChI=1S/C15H32N4O/c1-3-9-19-10-6-14(7-11-19)13-18-15(16)17-8-5-12-20-4-2/h14H,3-13H2,1-2H3,(H3,16,17,18). The highest BCUT2D eigenvalue weighted by Crippen LogP contribution is 2.17. The predicted molar refractivity (Wildman–Crippen MR) is 85.1 cm³/mol. The second-order valence-corrected chi connectivity index (χ2v) is 5.49. The maximum absolute atomic E-state index is 5.87. The minimum atomic E-state index is 0.581. The van der Waals surface area contributed by atoms with Crippen LogP contribution in [0.3, 0.4) is 0 Å². The highest BCUT2D eigenvalue weighted by atomic mass is 16.5. The number of nitrogens with zero attached hydrogens (tertiary/aromatic N) is 2. The van der Waals surface area contributed by atoms with Gasteiger partial charge >= 0.3 is 0 Å². The van der Waals surface area contributed by atoms with Gasteiger partial charge in [-0.2, -0.15) is 0 Å². The fraction of sp³-hybridized carbons (Fsp3) is 0.933. The van der Waals surface area contributed by atoms with Gasteiger partial charge in [0.2, 0.25) is 0 Å². The Morgan fingerprint density at radius 1 is 1.35 bits per heavy atom. The zero-order chi connectivity index (χ0) is 14.6. The normalized spacial score (nSPS) is 18.4. The fourth-order valence-electron chi connectivity index (χ4n) is 2.53. The monoisotopic (exact) mass is 284 g/mol. The van der Waals surface area contributed by atoms with Crippen LogP contribution in [0.1, 0.15) is 39.5 Å². The molecule has 0 amide bonds. The van der Waals surface area contributed by atoms with Crippen molar-refractivity contribution < 1.29 is 4.74 Å². The molecule has 20 heavy (non-hydrogen) atoms. The van der Waals surface area contributed by atoms with E-state index in [1.165, 1.54) is 38.9 Å². The van der Waals surface area contributed by atoms with Crippen LogP contribution in [0.4, 0.5) is 0 Å². The van der Waals surface area contributed by atoms with Crippen LogP contribution in [0.25, 0.3) is 0 Å². The maximum atomic E-state index is 5.87. The van der Waals surface area contributed by atoms with E-state index in [4.69, 9.17) is 10.5 Å². The van der Waals surface area contributed by atoms with Crippen molar-refractivity contribution >= 4 is 5.96 Å². The minimum absolute atomic E-state index is 0.581. The largest absolute Gasteiger partial charge is 0.382 e. The summed E-state index contributed by atoms with van der Waals surface area (Å²) in [6, 6.07) is 0. The Morgan fingerprint density at radius 2 is 2.10 bits per heavy atom. The Kier molecular flexibility index (Phi) is 9.41. The first-order chi connectivity index (χ1) is 9.76. The smallest absolute Gasteiger partial charge is 0.188 e. The van der Waals surface area contributed by atoms with Crippen LogP contribution in [0, 0.1) is 5.92 Å². The minimum Gasteiger partial charge on any atom is -0.382 e. The van der Waals surface area contributed by atoms with Gasteiger partial charge in [-0.15, -0.1) is 0 Å². The van der Waals surface area contributed by atoms with Crippen LogP contribution >= 0.6 is 0 Å². The summed E-state index contributed by atoms with van der Waals surface area (Å²) in [6.45, 7) is 11.2. The van der Waals surface area contributed by atoms with Gasteiger partial charge < -0.3 is 20.7 Å². The van der Waals surface area contributed by atoms with Gasteiger partial charge in [-0.3, -0.25) is 4.99 Å². The SMILES string of the molecule is CCCN1CCC(CN=C(N)NCCCOCC)CC1. The number of hydrogen-bond acceptors (Lipinski definition) is 3. The van der Waals surface area contributed by atoms with Gasteiger partial charge in [0.25, 0.3) is 0 Å². The molecule has 1 aliphatic rings. The molecular weight excluding hydrogens is 252 g/mol. The van der Waals surface area contributed by atoms with Crippen LogP contribution in [-0.2, 0) is 4.74 Å². The van der Waals surface area contributed by atoms with Crippen molar-refractivity contribution in [2.75, 3.05) is 45.9 Å². The first kappa shape index (κ1) is 17.2. The van der Waals surface area contributed by atoms with E-state index in [0.717, 1.165) is 32.7 Å². The second kappa shape index (κ2) is 10.9. The number of aliphatic imine (C=N–C) groups is 1. The molecule has 0 aromatic heterocycles. The van der Waals surface area contributed by atoms with E-state index in [2.05, 4.69) is 22.1 Å². The molecule has 0 atom stereocenters. The Bertz CT molecular complexity index is 263. The summed E-state index contributed by atoms with van der Waals surface area (Å²) < 4.78 is 5.27. The molecule has 5 nitrogen and oxygen atoms in total. The van der Waals surface area contributed by atoms with Gasteiger partial charge in [0, 0.05) is 26.3 Å². The Labute approximate surface area is 124 Å². The van der Waals surface area contributed by atoms with Gasteiger partial charge in [-0.1, -0.05) is 6.92 Å². The van der Waals surface area contributed by atoms with Gasteiger partial charge in [0.15, 0.2) is 5.96 Å². The molecule has 0 saturated carbocycles. The van der Waals surface area contributed by atoms with E-state index in [1.807, 2.05) is 6.92 Å². The lowest BCUT2D eigenvalue weighted by Gasteiger charge is -2.30. The van der Waals surface area contributed by atoms with Crippen molar-refractivity contribution in [1.29, 1.82) is 0 Å². The molecule has 1 heterocycles. The van der Waals surface area contributed by atoms with E-state index in [1.54, 1.807) is 0 Å². The molecule has 1 saturated heterocycles. The number of nitrogens with two attached hydrogens (primary N) is 1. The number of likely N-dealkylation sites (tertiary alicyclic amines) is 1. The van der Waals surface area contributed by atoms with Gasteiger partial charge in [-0.05, 0) is 58.2 Å². The molecule has 1 rings (SSSR count). The zero-order valence-corrected chi connectivity index (χ0v) is 13.2. The summed E-state index contributed by atoms with van der Waals surface area (Å²) in [5.41, 5.74) is 5.87. The van der Waals surface area contributed by atoms with Crippen molar-refractivity contribution in [2.45, 2.75) is 39.5 Å². The Balaban J connectivity index is 2.07. The molecular formula is C15H32N4O. The van der Waals surface area contributed by atoms with Gasteiger partial charge in [0.1, 0.15) is 0 Å². The van der Waals surface area contributed by atoms with Crippen molar-refractivity contribution in [1.82, 2.24) is 10.2 Å². The fourth-order valence-corrected chi connectivity index (χ4v) is 2.53. The lowest BCUT2D eigenvalue weighted by atomic mass is 9.97. The third kappa shape index (κ3) is 7.70. The average molecular weight is 284 g/mol. The summed E-state index contributed by atoms with van der Waals surface area (Å²) in [5, 5.41) is 3.15. The highest BCUT2D eigenvalue weighted by molar-refractivity contribution is 5.77. The number of piperidine rings is 1. The summed E-state index contributed by atoms with van der Waals surface area (Å²) in [4.78, 5) is 7.01. The molecule has 0 aromatic carbocycles. The lowest BCUT2D eigenvalue weighted by Crippen LogP contribution is -2.36. The molecule has 0 aliphatic carbocycles. The molecule has 0 aromatic rings. The lowest BCUT2D eigenvalue weighted by molar-refractivity contribution is 0.145. The van der Waals surface area contributed by atoms with E-state index >= 15 is 0 Å². The van der Waals surface area contributed by atoms with E-state index < -0.39 is 0 Å². The molecule has 3 N–H and O–H groups in total. The third-order valence-corrected chi connectivity index (χ3v) is 3.74. The Hall–Kier alpha value is -0.810. The van der Waals surface area contributed by atoms with Crippen LogP contribution in [0.15, 0.2) is 4.99 Å². The van der Waals surface area contributed by atoms with Crippen molar-refractivity contribution in [3.05, 3.63) is 0 Å². The van der Waals surface area contributed by atoms with Crippen molar-refractivity contribution in [3.63, 3.8) is 0 Å². The second-order valence-electron chi connectivity index (χ2n) is 5.49.